The summed E-state index contributed by atoms with van der Waals surface area (Å²) in [5.74, 6) is 2.89. The summed E-state index contributed by atoms with van der Waals surface area (Å²) >= 11 is 0. The van der Waals surface area contributed by atoms with Gasteiger partial charge in [-0.1, -0.05) is 34.1 Å². The van der Waals surface area contributed by atoms with Gasteiger partial charge in [0.2, 0.25) is 0 Å². The lowest BCUT2D eigenvalue weighted by molar-refractivity contribution is 0.112. The molecule has 2 heteroatoms. The van der Waals surface area contributed by atoms with Crippen LogP contribution in [0, 0.1) is 23.7 Å². The van der Waals surface area contributed by atoms with Crippen molar-refractivity contribution in [3.8, 4) is 0 Å². The van der Waals surface area contributed by atoms with Crippen molar-refractivity contribution in [2.45, 2.75) is 53.1 Å². The van der Waals surface area contributed by atoms with Gasteiger partial charge in [0.25, 0.3) is 0 Å². The Morgan fingerprint density at radius 3 is 2.38 bits per heavy atom. The van der Waals surface area contributed by atoms with E-state index in [1.807, 2.05) is 0 Å². The average Bonchev–Trinajstić information content (AvgIpc) is 2.22. The van der Waals surface area contributed by atoms with E-state index in [2.05, 4.69) is 33.0 Å². The quantitative estimate of drug-likeness (QED) is 0.722. The Labute approximate surface area is 101 Å². The van der Waals surface area contributed by atoms with E-state index >= 15 is 0 Å². The average molecular weight is 227 g/mol. The number of hydrogen-bond donors (Lipinski definition) is 2. The third-order valence-electron chi connectivity index (χ3n) is 4.33. The molecule has 0 amide bonds. The Morgan fingerprint density at radius 2 is 1.75 bits per heavy atom. The summed E-state index contributed by atoms with van der Waals surface area (Å²) in [7, 11) is 0. The summed E-state index contributed by atoms with van der Waals surface area (Å²) in [5, 5.41) is 13.3. The molecule has 96 valence electrons. The minimum atomic E-state index is -0.159. The van der Waals surface area contributed by atoms with Gasteiger partial charge < -0.3 is 10.4 Å². The number of rotatable bonds is 1. The van der Waals surface area contributed by atoms with Gasteiger partial charge in [-0.2, -0.15) is 0 Å². The Bertz CT molecular complexity index is 193. The fourth-order valence-corrected chi connectivity index (χ4v) is 2.60. The first kappa shape index (κ1) is 14.0. The number of aliphatic hydroxyl groups excluding tert-OH is 1. The summed E-state index contributed by atoms with van der Waals surface area (Å²) in [6.45, 7) is 11.1. The third-order valence-corrected chi connectivity index (χ3v) is 4.33. The minimum absolute atomic E-state index is 0.159. The van der Waals surface area contributed by atoms with Crippen molar-refractivity contribution >= 4 is 0 Å². The number of nitrogens with one attached hydrogen (secondary N) is 1. The number of aliphatic hydroxyl groups is 1. The van der Waals surface area contributed by atoms with Crippen LogP contribution in [0.5, 0.6) is 0 Å². The van der Waals surface area contributed by atoms with Crippen molar-refractivity contribution in [3.05, 3.63) is 0 Å². The van der Waals surface area contributed by atoms with Crippen LogP contribution >= 0.6 is 0 Å². The normalized spacial score (nSPS) is 38.6. The maximum Gasteiger partial charge on any atom is 0.0667 e. The number of β-amino-alcohol motifs (C(OH)–C–C–N with tert-alkyl or cyclic N) is 1. The van der Waals surface area contributed by atoms with Gasteiger partial charge in [0.05, 0.1) is 6.10 Å². The molecule has 0 spiro atoms. The Kier molecular flexibility index (Phi) is 5.77. The van der Waals surface area contributed by atoms with Gasteiger partial charge in [-0.3, -0.25) is 0 Å². The molecule has 2 N–H and O–H groups in total. The highest BCUT2D eigenvalue weighted by Crippen LogP contribution is 2.27. The van der Waals surface area contributed by atoms with Crippen molar-refractivity contribution in [2.75, 3.05) is 13.1 Å². The Hall–Kier alpha value is -0.0800. The van der Waals surface area contributed by atoms with Crippen molar-refractivity contribution in [1.82, 2.24) is 5.32 Å². The van der Waals surface area contributed by atoms with E-state index in [1.165, 1.54) is 12.8 Å². The molecule has 0 aliphatic carbocycles. The topological polar surface area (TPSA) is 32.3 Å². The van der Waals surface area contributed by atoms with Crippen molar-refractivity contribution in [1.29, 1.82) is 0 Å². The lowest BCUT2D eigenvalue weighted by Gasteiger charge is -2.29. The summed E-state index contributed by atoms with van der Waals surface area (Å²) in [4.78, 5) is 0. The molecule has 1 heterocycles. The molecule has 1 aliphatic rings. The maximum atomic E-state index is 9.94. The fraction of sp³-hybridized carbons (Fsp3) is 1.00. The highest BCUT2D eigenvalue weighted by molar-refractivity contribution is 4.75. The summed E-state index contributed by atoms with van der Waals surface area (Å²) in [5.41, 5.74) is 0. The van der Waals surface area contributed by atoms with Crippen LogP contribution in [0.3, 0.4) is 0 Å². The molecule has 0 aromatic rings. The largest absolute Gasteiger partial charge is 0.392 e. The van der Waals surface area contributed by atoms with E-state index in [1.54, 1.807) is 0 Å². The molecule has 4 atom stereocenters. The van der Waals surface area contributed by atoms with Crippen molar-refractivity contribution in [3.63, 3.8) is 0 Å². The van der Waals surface area contributed by atoms with Crippen molar-refractivity contribution < 1.29 is 5.11 Å². The molecule has 2 nitrogen and oxygen atoms in total. The Morgan fingerprint density at radius 1 is 1.06 bits per heavy atom. The zero-order chi connectivity index (χ0) is 12.1. The van der Waals surface area contributed by atoms with Crippen LogP contribution in [0.2, 0.25) is 0 Å². The second kappa shape index (κ2) is 6.61. The molecule has 0 saturated carbocycles. The Balaban J connectivity index is 2.55. The van der Waals surface area contributed by atoms with Gasteiger partial charge in [-0.15, -0.1) is 0 Å². The second-order valence-corrected chi connectivity index (χ2v) is 6.08. The summed E-state index contributed by atoms with van der Waals surface area (Å²) < 4.78 is 0. The highest BCUT2D eigenvalue weighted by Gasteiger charge is 2.22. The molecule has 0 aromatic heterocycles. The van der Waals surface area contributed by atoms with Crippen LogP contribution in [0.25, 0.3) is 0 Å². The van der Waals surface area contributed by atoms with E-state index in [0.717, 1.165) is 31.3 Å². The van der Waals surface area contributed by atoms with Crippen LogP contribution in [-0.2, 0) is 0 Å². The molecular formula is C14H29NO. The summed E-state index contributed by atoms with van der Waals surface area (Å²) in [6, 6.07) is 0. The van der Waals surface area contributed by atoms with Gasteiger partial charge >= 0.3 is 0 Å². The van der Waals surface area contributed by atoms with Crippen molar-refractivity contribution in [2.24, 2.45) is 23.7 Å². The first-order chi connectivity index (χ1) is 7.50. The second-order valence-electron chi connectivity index (χ2n) is 6.08. The molecule has 1 aliphatic heterocycles. The fourth-order valence-electron chi connectivity index (χ4n) is 2.60. The van der Waals surface area contributed by atoms with Gasteiger partial charge in [-0.25, -0.2) is 0 Å². The van der Waals surface area contributed by atoms with E-state index in [4.69, 9.17) is 0 Å². The lowest BCUT2D eigenvalue weighted by atomic mass is 9.81. The van der Waals surface area contributed by atoms with Gasteiger partial charge in [0.1, 0.15) is 0 Å². The maximum absolute atomic E-state index is 9.94. The molecule has 16 heavy (non-hydrogen) atoms. The molecule has 0 radical (unpaired) electrons. The standard InChI is InChI=1S/C14H29NO/c1-10(2)13-6-5-11(3)12(4)8-15-9-14(16)7-13/h10-16H,5-9H2,1-4H3. The monoisotopic (exact) mass is 227 g/mol. The minimum Gasteiger partial charge on any atom is -0.392 e. The van der Waals surface area contributed by atoms with Crippen LogP contribution in [0.15, 0.2) is 0 Å². The third kappa shape index (κ3) is 4.42. The molecule has 1 rings (SSSR count). The zero-order valence-electron chi connectivity index (χ0n) is 11.4. The zero-order valence-corrected chi connectivity index (χ0v) is 11.4. The first-order valence-electron chi connectivity index (χ1n) is 6.89. The van der Waals surface area contributed by atoms with Crippen LogP contribution < -0.4 is 5.32 Å². The number of hydrogen-bond acceptors (Lipinski definition) is 2. The molecule has 1 saturated heterocycles. The molecule has 0 aromatic carbocycles. The molecule has 0 bridgehead atoms. The van der Waals surface area contributed by atoms with Crippen LogP contribution in [0.1, 0.15) is 47.0 Å². The SMILES string of the molecule is CC(C)C1CCC(C)C(C)CNCC(O)C1. The molecular weight excluding hydrogens is 198 g/mol. The van der Waals surface area contributed by atoms with E-state index in [0.29, 0.717) is 11.8 Å². The first-order valence-corrected chi connectivity index (χ1v) is 6.89. The smallest absolute Gasteiger partial charge is 0.0667 e. The molecule has 4 unspecified atom stereocenters. The van der Waals surface area contributed by atoms with Gasteiger partial charge in [0.15, 0.2) is 0 Å². The van der Waals surface area contributed by atoms with E-state index < -0.39 is 0 Å². The van der Waals surface area contributed by atoms with E-state index in [9.17, 15) is 5.11 Å². The molecule has 1 fully saturated rings. The van der Waals surface area contributed by atoms with Gasteiger partial charge in [-0.05, 0) is 43.1 Å². The predicted octanol–water partition coefficient (Wildman–Crippen LogP) is 2.67. The lowest BCUT2D eigenvalue weighted by Crippen LogP contribution is -2.35. The van der Waals surface area contributed by atoms with Crippen LogP contribution in [0.4, 0.5) is 0 Å². The predicted molar refractivity (Wildman–Crippen MR) is 69.4 cm³/mol. The van der Waals surface area contributed by atoms with Crippen LogP contribution in [-0.4, -0.2) is 24.3 Å². The van der Waals surface area contributed by atoms with E-state index in [-0.39, 0.29) is 6.10 Å². The summed E-state index contributed by atoms with van der Waals surface area (Å²) in [6.07, 6.45) is 3.39. The highest BCUT2D eigenvalue weighted by atomic mass is 16.3. The van der Waals surface area contributed by atoms with Gasteiger partial charge in [0, 0.05) is 6.54 Å².